The van der Waals surface area contributed by atoms with Gasteiger partial charge in [0.25, 0.3) is 5.56 Å². The van der Waals surface area contributed by atoms with Crippen molar-refractivity contribution < 1.29 is 4.79 Å². The van der Waals surface area contributed by atoms with Gasteiger partial charge in [0.15, 0.2) is 0 Å². The van der Waals surface area contributed by atoms with Gasteiger partial charge in [-0.1, -0.05) is 11.6 Å². The average Bonchev–Trinajstić information content (AvgIpc) is 2.84. The lowest BCUT2D eigenvalue weighted by Crippen LogP contribution is -2.23. The predicted molar refractivity (Wildman–Crippen MR) is 95.8 cm³/mol. The van der Waals surface area contributed by atoms with E-state index in [2.05, 4.69) is 15.3 Å². The summed E-state index contributed by atoms with van der Waals surface area (Å²) in [7, 11) is 0. The van der Waals surface area contributed by atoms with Gasteiger partial charge in [0.1, 0.15) is 10.6 Å². The molecule has 24 heavy (non-hydrogen) atoms. The van der Waals surface area contributed by atoms with Crippen LogP contribution in [0.1, 0.15) is 16.9 Å². The number of pyridine rings is 1. The molecule has 0 unspecified atom stereocenters. The van der Waals surface area contributed by atoms with E-state index in [-0.39, 0.29) is 24.4 Å². The molecule has 6 nitrogen and oxygen atoms in total. The molecule has 0 aliphatic rings. The van der Waals surface area contributed by atoms with Crippen molar-refractivity contribution in [2.45, 2.75) is 26.8 Å². The zero-order valence-corrected chi connectivity index (χ0v) is 14.7. The molecule has 3 rings (SSSR count). The predicted octanol–water partition coefficient (Wildman–Crippen LogP) is 3.15. The number of anilines is 1. The Labute approximate surface area is 147 Å². The smallest absolute Gasteiger partial charge is 0.262 e. The number of aromatic nitrogens is 3. The number of aryl methyl sites for hydroxylation is 3. The maximum Gasteiger partial charge on any atom is 0.262 e. The summed E-state index contributed by atoms with van der Waals surface area (Å²) in [4.78, 5) is 34.7. The van der Waals surface area contributed by atoms with Crippen molar-refractivity contribution in [1.82, 2.24) is 14.5 Å². The second-order valence-electron chi connectivity index (χ2n) is 5.37. The Morgan fingerprint density at radius 3 is 2.83 bits per heavy atom. The van der Waals surface area contributed by atoms with Crippen LogP contribution in [0.3, 0.4) is 0 Å². The van der Waals surface area contributed by atoms with Crippen molar-refractivity contribution >= 4 is 44.9 Å². The fourth-order valence-electron chi connectivity index (χ4n) is 2.31. The first-order valence-corrected chi connectivity index (χ1v) is 8.51. The largest absolute Gasteiger partial charge is 0.311 e. The molecule has 0 aliphatic heterocycles. The third-order valence-corrected chi connectivity index (χ3v) is 5.07. The normalized spacial score (nSPS) is 11.0. The van der Waals surface area contributed by atoms with Crippen LogP contribution < -0.4 is 10.9 Å². The number of rotatable bonds is 4. The van der Waals surface area contributed by atoms with Gasteiger partial charge in [0, 0.05) is 24.0 Å². The maximum absolute atomic E-state index is 12.5. The second kappa shape index (κ2) is 6.70. The van der Waals surface area contributed by atoms with Gasteiger partial charge in [0.2, 0.25) is 5.91 Å². The summed E-state index contributed by atoms with van der Waals surface area (Å²) in [5.41, 5.74) is 0.843. The molecule has 0 fully saturated rings. The highest BCUT2D eigenvalue weighted by molar-refractivity contribution is 7.18. The van der Waals surface area contributed by atoms with Crippen LogP contribution in [0.5, 0.6) is 0 Å². The summed E-state index contributed by atoms with van der Waals surface area (Å²) in [6.07, 6.45) is 3.11. The molecule has 8 heteroatoms. The van der Waals surface area contributed by atoms with E-state index >= 15 is 0 Å². The van der Waals surface area contributed by atoms with Crippen molar-refractivity contribution in [3.05, 3.63) is 50.5 Å². The van der Waals surface area contributed by atoms with E-state index in [0.717, 1.165) is 15.3 Å². The minimum absolute atomic E-state index is 0.112. The summed E-state index contributed by atoms with van der Waals surface area (Å²) >= 11 is 7.26. The van der Waals surface area contributed by atoms with E-state index in [4.69, 9.17) is 11.6 Å². The molecule has 0 bridgehead atoms. The van der Waals surface area contributed by atoms with Crippen LogP contribution in [0.25, 0.3) is 10.2 Å². The van der Waals surface area contributed by atoms with E-state index in [1.165, 1.54) is 28.4 Å². The fraction of sp³-hybridized carbons (Fsp3) is 0.250. The van der Waals surface area contributed by atoms with Gasteiger partial charge < -0.3 is 5.32 Å². The molecular weight excluding hydrogens is 348 g/mol. The topological polar surface area (TPSA) is 76.9 Å². The van der Waals surface area contributed by atoms with Gasteiger partial charge >= 0.3 is 0 Å². The lowest BCUT2D eigenvalue weighted by atomic mass is 10.2. The highest BCUT2D eigenvalue weighted by Gasteiger charge is 2.12. The van der Waals surface area contributed by atoms with Crippen molar-refractivity contribution in [1.29, 1.82) is 0 Å². The van der Waals surface area contributed by atoms with Crippen molar-refractivity contribution in [3.63, 3.8) is 0 Å². The Kier molecular flexibility index (Phi) is 4.64. The van der Waals surface area contributed by atoms with Crippen LogP contribution in [-0.4, -0.2) is 20.4 Å². The molecule has 0 spiro atoms. The Bertz CT molecular complexity index is 963. The van der Waals surface area contributed by atoms with Gasteiger partial charge in [-0.25, -0.2) is 9.97 Å². The summed E-state index contributed by atoms with van der Waals surface area (Å²) in [6.45, 7) is 4.15. The summed E-state index contributed by atoms with van der Waals surface area (Å²) in [5, 5.41) is 3.81. The number of carbonyl (C=O) groups excluding carboxylic acids is 1. The number of nitrogens with zero attached hydrogens (tertiary/aromatic N) is 3. The summed E-state index contributed by atoms with van der Waals surface area (Å²) in [6, 6.07) is 3.27. The van der Waals surface area contributed by atoms with Crippen LogP contribution in [0, 0.1) is 13.8 Å². The molecule has 124 valence electrons. The van der Waals surface area contributed by atoms with Gasteiger partial charge in [0.05, 0.1) is 16.7 Å². The molecule has 0 atom stereocenters. The third kappa shape index (κ3) is 3.32. The lowest BCUT2D eigenvalue weighted by molar-refractivity contribution is -0.116. The van der Waals surface area contributed by atoms with Crippen LogP contribution in [0.2, 0.25) is 5.02 Å². The molecule has 3 aromatic rings. The number of carbonyl (C=O) groups is 1. The summed E-state index contributed by atoms with van der Waals surface area (Å²) < 4.78 is 1.47. The van der Waals surface area contributed by atoms with E-state index in [1.54, 1.807) is 12.1 Å². The van der Waals surface area contributed by atoms with E-state index in [9.17, 15) is 9.59 Å². The fourth-order valence-corrected chi connectivity index (χ4v) is 3.41. The van der Waals surface area contributed by atoms with Gasteiger partial charge in [-0.15, -0.1) is 11.3 Å². The van der Waals surface area contributed by atoms with Gasteiger partial charge in [-0.2, -0.15) is 0 Å². The molecule has 1 amide bonds. The Hall–Kier alpha value is -2.25. The number of halogens is 1. The Morgan fingerprint density at radius 2 is 2.12 bits per heavy atom. The van der Waals surface area contributed by atoms with Crippen LogP contribution in [-0.2, 0) is 11.3 Å². The number of thiophene rings is 1. The Balaban J connectivity index is 1.72. The number of amides is 1. The number of hydrogen-bond acceptors (Lipinski definition) is 5. The molecular formula is C16H15ClN4O2S. The molecule has 0 aromatic carbocycles. The highest BCUT2D eigenvalue weighted by atomic mass is 35.5. The van der Waals surface area contributed by atoms with Gasteiger partial charge in [-0.3, -0.25) is 14.2 Å². The first-order chi connectivity index (χ1) is 11.5. The monoisotopic (exact) mass is 362 g/mol. The number of hydrogen-bond donors (Lipinski definition) is 1. The highest BCUT2D eigenvalue weighted by Crippen LogP contribution is 2.25. The van der Waals surface area contributed by atoms with Crippen molar-refractivity contribution in [3.8, 4) is 0 Å². The molecule has 0 saturated heterocycles. The van der Waals surface area contributed by atoms with E-state index in [1.807, 2.05) is 13.8 Å². The molecule has 1 N–H and O–H groups in total. The minimum atomic E-state index is -0.227. The molecule has 0 saturated carbocycles. The van der Waals surface area contributed by atoms with E-state index in [0.29, 0.717) is 16.2 Å². The van der Waals surface area contributed by atoms with Crippen molar-refractivity contribution in [2.24, 2.45) is 0 Å². The molecule has 0 radical (unpaired) electrons. The van der Waals surface area contributed by atoms with Crippen LogP contribution in [0.15, 0.2) is 29.5 Å². The molecule has 3 heterocycles. The second-order valence-corrected chi connectivity index (χ2v) is 7.01. The van der Waals surface area contributed by atoms with Gasteiger partial charge in [-0.05, 0) is 31.5 Å². The standard InChI is InChI=1S/C16H15ClN4O2S/c1-9-10(2)24-15-14(9)16(23)21(8-19-15)6-5-13(22)20-12-4-3-11(17)7-18-12/h3-4,7-8H,5-6H2,1-2H3,(H,18,20,22). The number of fused-ring (bicyclic) bond motifs is 1. The first-order valence-electron chi connectivity index (χ1n) is 7.32. The van der Waals surface area contributed by atoms with E-state index < -0.39 is 0 Å². The zero-order valence-electron chi connectivity index (χ0n) is 13.2. The van der Waals surface area contributed by atoms with Crippen molar-refractivity contribution in [2.75, 3.05) is 5.32 Å². The lowest BCUT2D eigenvalue weighted by Gasteiger charge is -2.06. The van der Waals surface area contributed by atoms with Crippen LogP contribution >= 0.6 is 22.9 Å². The third-order valence-electron chi connectivity index (χ3n) is 3.73. The SMILES string of the molecule is Cc1sc2ncn(CCC(=O)Nc3ccc(Cl)cn3)c(=O)c2c1C. The first kappa shape index (κ1) is 16.6. The molecule has 3 aromatic heterocycles. The van der Waals surface area contributed by atoms with Crippen LogP contribution in [0.4, 0.5) is 5.82 Å². The molecule has 0 aliphatic carbocycles. The maximum atomic E-state index is 12.5. The zero-order chi connectivity index (χ0) is 17.3. The Morgan fingerprint density at radius 1 is 1.33 bits per heavy atom. The summed E-state index contributed by atoms with van der Waals surface area (Å²) in [5.74, 6) is 0.199. The quantitative estimate of drug-likeness (QED) is 0.773. The average molecular weight is 363 g/mol. The minimum Gasteiger partial charge on any atom is -0.311 e. The number of nitrogens with one attached hydrogen (secondary N) is 1.